The van der Waals surface area contributed by atoms with Gasteiger partial charge in [0.25, 0.3) is 0 Å². The van der Waals surface area contributed by atoms with E-state index < -0.39 is 0 Å². The van der Waals surface area contributed by atoms with Gasteiger partial charge in [0, 0.05) is 21.2 Å². The fraction of sp³-hybridized carbons (Fsp3) is 0.133. The summed E-state index contributed by atoms with van der Waals surface area (Å²) in [5.41, 5.74) is 1.94. The molecule has 0 amide bonds. The predicted octanol–water partition coefficient (Wildman–Crippen LogP) is 4.83. The van der Waals surface area contributed by atoms with Crippen molar-refractivity contribution in [2.24, 2.45) is 0 Å². The summed E-state index contributed by atoms with van der Waals surface area (Å²) in [5.74, 6) is 0.899. The van der Waals surface area contributed by atoms with E-state index in [-0.39, 0.29) is 5.78 Å². The summed E-state index contributed by atoms with van der Waals surface area (Å²) in [6.45, 7) is 1.57. The van der Waals surface area contributed by atoms with Crippen LogP contribution in [0.15, 0.2) is 53.4 Å². The van der Waals surface area contributed by atoms with E-state index in [0.717, 1.165) is 10.6 Å². The molecular formula is C15H13ClOS. The largest absolute Gasteiger partial charge is 0.294 e. The molecule has 0 bridgehead atoms. The number of rotatable bonds is 4. The average molecular weight is 277 g/mol. The molecule has 0 spiro atoms. The van der Waals surface area contributed by atoms with Gasteiger partial charge in [-0.1, -0.05) is 41.9 Å². The van der Waals surface area contributed by atoms with Crippen molar-refractivity contribution in [1.29, 1.82) is 0 Å². The van der Waals surface area contributed by atoms with E-state index in [9.17, 15) is 4.79 Å². The van der Waals surface area contributed by atoms with Crippen LogP contribution in [0.1, 0.15) is 22.8 Å². The van der Waals surface area contributed by atoms with Gasteiger partial charge in [0.1, 0.15) is 0 Å². The molecule has 0 saturated carbocycles. The van der Waals surface area contributed by atoms with Crippen LogP contribution in [-0.4, -0.2) is 5.78 Å². The Bertz CT molecular complexity index is 552. The lowest BCUT2D eigenvalue weighted by Crippen LogP contribution is -1.95. The zero-order valence-electron chi connectivity index (χ0n) is 10.0. The first-order chi connectivity index (χ1) is 8.66. The van der Waals surface area contributed by atoms with E-state index in [2.05, 4.69) is 12.1 Å². The van der Waals surface area contributed by atoms with Gasteiger partial charge in [-0.3, -0.25) is 4.79 Å². The fourth-order valence-electron chi connectivity index (χ4n) is 1.64. The molecule has 0 fully saturated rings. The van der Waals surface area contributed by atoms with Gasteiger partial charge < -0.3 is 0 Å². The molecule has 1 nitrogen and oxygen atoms in total. The Labute approximate surface area is 116 Å². The van der Waals surface area contributed by atoms with Crippen LogP contribution in [0.5, 0.6) is 0 Å². The summed E-state index contributed by atoms with van der Waals surface area (Å²) >= 11 is 7.57. The second-order valence-electron chi connectivity index (χ2n) is 3.97. The molecule has 0 atom stereocenters. The Balaban J connectivity index is 2.17. The molecule has 0 saturated heterocycles. The number of hydrogen-bond acceptors (Lipinski definition) is 2. The lowest BCUT2D eigenvalue weighted by molar-refractivity contribution is 0.101. The number of benzene rings is 2. The monoisotopic (exact) mass is 276 g/mol. The number of ketones is 1. The molecule has 92 valence electrons. The third-order valence-corrected chi connectivity index (χ3v) is 3.94. The highest BCUT2D eigenvalue weighted by molar-refractivity contribution is 7.98. The molecular weight excluding hydrogens is 264 g/mol. The van der Waals surface area contributed by atoms with Gasteiger partial charge in [0.2, 0.25) is 0 Å². The first-order valence-electron chi connectivity index (χ1n) is 5.64. The second kappa shape index (κ2) is 6.07. The molecule has 0 aliphatic heterocycles. The number of thioether (sulfide) groups is 1. The van der Waals surface area contributed by atoms with Crippen LogP contribution >= 0.6 is 23.4 Å². The Kier molecular flexibility index (Phi) is 4.45. The summed E-state index contributed by atoms with van der Waals surface area (Å²) in [5, 5.41) is 0.601. The van der Waals surface area contributed by atoms with E-state index in [4.69, 9.17) is 11.6 Å². The van der Waals surface area contributed by atoms with Crippen molar-refractivity contribution < 1.29 is 4.79 Å². The molecule has 3 heteroatoms. The van der Waals surface area contributed by atoms with Crippen molar-refractivity contribution in [3.05, 3.63) is 64.7 Å². The minimum atomic E-state index is 0.0491. The van der Waals surface area contributed by atoms with Crippen molar-refractivity contribution in [2.45, 2.75) is 17.6 Å². The van der Waals surface area contributed by atoms with Gasteiger partial charge in [-0.25, -0.2) is 0 Å². The molecule has 0 aromatic heterocycles. The maximum Gasteiger partial charge on any atom is 0.160 e. The van der Waals surface area contributed by atoms with E-state index >= 15 is 0 Å². The summed E-state index contributed by atoms with van der Waals surface area (Å²) < 4.78 is 0. The quantitative estimate of drug-likeness (QED) is 0.587. The fourth-order valence-corrected chi connectivity index (χ4v) is 2.85. The number of Topliss-reactive ketones (excluding diaryl/α,β-unsaturated/α-hetero) is 1. The van der Waals surface area contributed by atoms with Crippen LogP contribution in [0.2, 0.25) is 5.02 Å². The van der Waals surface area contributed by atoms with Crippen LogP contribution in [0.3, 0.4) is 0 Å². The molecule has 0 heterocycles. The van der Waals surface area contributed by atoms with Crippen molar-refractivity contribution in [3.63, 3.8) is 0 Å². The molecule has 18 heavy (non-hydrogen) atoms. The van der Waals surface area contributed by atoms with Gasteiger partial charge >= 0.3 is 0 Å². The molecule has 0 aliphatic carbocycles. The van der Waals surface area contributed by atoms with Crippen LogP contribution in [-0.2, 0) is 5.75 Å². The zero-order chi connectivity index (χ0) is 13.0. The molecule has 0 unspecified atom stereocenters. The standard InChI is InChI=1S/C15H13ClOS/c1-11(17)14-9-13(16)7-8-15(14)18-10-12-5-3-2-4-6-12/h2-9H,10H2,1H3. The normalized spacial score (nSPS) is 10.3. The van der Waals surface area contributed by atoms with E-state index in [1.807, 2.05) is 30.3 Å². The van der Waals surface area contributed by atoms with Crippen molar-refractivity contribution in [3.8, 4) is 0 Å². The van der Waals surface area contributed by atoms with Crippen molar-refractivity contribution in [2.75, 3.05) is 0 Å². The van der Waals surface area contributed by atoms with Crippen LogP contribution in [0.4, 0.5) is 0 Å². The maximum absolute atomic E-state index is 11.6. The minimum Gasteiger partial charge on any atom is -0.294 e. The number of hydrogen-bond donors (Lipinski definition) is 0. The lowest BCUT2D eigenvalue weighted by atomic mass is 10.1. The summed E-state index contributed by atoms with van der Waals surface area (Å²) in [6.07, 6.45) is 0. The van der Waals surface area contributed by atoms with Crippen molar-refractivity contribution in [1.82, 2.24) is 0 Å². The van der Waals surface area contributed by atoms with E-state index in [0.29, 0.717) is 10.6 Å². The van der Waals surface area contributed by atoms with Gasteiger partial charge in [-0.15, -0.1) is 11.8 Å². The van der Waals surface area contributed by atoms with Gasteiger partial charge in [0.05, 0.1) is 0 Å². The third kappa shape index (κ3) is 3.37. The number of halogens is 1. The Morgan fingerprint density at radius 3 is 2.56 bits per heavy atom. The smallest absolute Gasteiger partial charge is 0.160 e. The Morgan fingerprint density at radius 2 is 1.89 bits per heavy atom. The minimum absolute atomic E-state index is 0.0491. The summed E-state index contributed by atoms with van der Waals surface area (Å²) in [7, 11) is 0. The highest BCUT2D eigenvalue weighted by atomic mass is 35.5. The molecule has 2 aromatic rings. The molecule has 2 rings (SSSR count). The van der Waals surface area contributed by atoms with E-state index in [1.165, 1.54) is 5.56 Å². The van der Waals surface area contributed by atoms with Crippen LogP contribution in [0.25, 0.3) is 0 Å². The van der Waals surface area contributed by atoms with E-state index in [1.54, 1.807) is 24.8 Å². The molecule has 0 radical (unpaired) electrons. The van der Waals surface area contributed by atoms with Crippen LogP contribution < -0.4 is 0 Å². The average Bonchev–Trinajstić information content (AvgIpc) is 2.38. The Hall–Kier alpha value is -1.25. The zero-order valence-corrected chi connectivity index (χ0v) is 11.6. The molecule has 2 aromatic carbocycles. The summed E-state index contributed by atoms with van der Waals surface area (Å²) in [4.78, 5) is 12.5. The first-order valence-corrected chi connectivity index (χ1v) is 7.00. The third-order valence-electron chi connectivity index (χ3n) is 2.56. The second-order valence-corrected chi connectivity index (χ2v) is 5.42. The van der Waals surface area contributed by atoms with Gasteiger partial charge in [-0.05, 0) is 30.7 Å². The Morgan fingerprint density at radius 1 is 1.17 bits per heavy atom. The highest BCUT2D eigenvalue weighted by Gasteiger charge is 2.08. The number of carbonyl (C=O) groups excluding carboxylic acids is 1. The van der Waals surface area contributed by atoms with Crippen molar-refractivity contribution >= 4 is 29.1 Å². The summed E-state index contributed by atoms with van der Waals surface area (Å²) in [6, 6.07) is 15.7. The molecule has 0 N–H and O–H groups in total. The molecule has 0 aliphatic rings. The number of carbonyl (C=O) groups is 1. The lowest BCUT2D eigenvalue weighted by Gasteiger charge is -2.07. The van der Waals surface area contributed by atoms with Gasteiger partial charge in [0.15, 0.2) is 5.78 Å². The SMILES string of the molecule is CC(=O)c1cc(Cl)ccc1SCc1ccccc1. The predicted molar refractivity (Wildman–Crippen MR) is 77.5 cm³/mol. The van der Waals surface area contributed by atoms with Gasteiger partial charge in [-0.2, -0.15) is 0 Å². The van der Waals surface area contributed by atoms with Crippen LogP contribution in [0, 0.1) is 0 Å². The maximum atomic E-state index is 11.6. The topological polar surface area (TPSA) is 17.1 Å². The first kappa shape index (κ1) is 13.2. The highest BCUT2D eigenvalue weighted by Crippen LogP contribution is 2.28.